The third kappa shape index (κ3) is 3.27. The second kappa shape index (κ2) is 6.39. The van der Waals surface area contributed by atoms with Crippen molar-refractivity contribution in [2.24, 2.45) is 22.2 Å². The molecule has 114 valence electrons. The average molecular weight is 288 g/mol. The van der Waals surface area contributed by atoms with Gasteiger partial charge in [0.05, 0.1) is 6.61 Å². The number of nitrogens with two attached hydrogens (primary N) is 3. The van der Waals surface area contributed by atoms with Gasteiger partial charge < -0.3 is 21.0 Å². The Labute approximate surface area is 116 Å². The van der Waals surface area contributed by atoms with Gasteiger partial charge in [0.2, 0.25) is 5.66 Å². The van der Waals surface area contributed by atoms with Crippen LogP contribution in [0.5, 0.6) is 0 Å². The van der Waals surface area contributed by atoms with Crippen molar-refractivity contribution in [3.63, 3.8) is 0 Å². The molecule has 10 heteroatoms. The summed E-state index contributed by atoms with van der Waals surface area (Å²) in [6.07, 6.45) is -0.232. The number of guanidine groups is 1. The molecular weight excluding hydrogens is 268 g/mol. The Kier molecular flexibility index (Phi) is 5.11. The lowest BCUT2D eigenvalue weighted by atomic mass is 10.1. The number of ether oxygens (including phenoxy) is 1. The van der Waals surface area contributed by atoms with Crippen molar-refractivity contribution in [1.82, 2.24) is 10.2 Å². The van der Waals surface area contributed by atoms with Crippen LogP contribution in [0.4, 0.5) is 4.79 Å². The van der Waals surface area contributed by atoms with Crippen LogP contribution in [0.1, 0.15) is 19.8 Å². The zero-order valence-corrected chi connectivity index (χ0v) is 11.5. The van der Waals surface area contributed by atoms with Crippen molar-refractivity contribution < 1.29 is 19.2 Å². The van der Waals surface area contributed by atoms with Crippen molar-refractivity contribution in [2.45, 2.75) is 25.4 Å². The third-order valence-electron chi connectivity index (χ3n) is 2.68. The number of aliphatic imine (C=N–C) groups is 1. The lowest BCUT2D eigenvalue weighted by Crippen LogP contribution is -2.60. The van der Waals surface area contributed by atoms with E-state index < -0.39 is 17.7 Å². The zero-order chi connectivity index (χ0) is 15.3. The highest BCUT2D eigenvalue weighted by atomic mass is 16.8. The Bertz CT molecular complexity index is 411. The van der Waals surface area contributed by atoms with Crippen molar-refractivity contribution in [3.8, 4) is 0 Å². The summed E-state index contributed by atoms with van der Waals surface area (Å²) < 4.78 is 4.85. The minimum absolute atomic E-state index is 0.0514. The molecule has 0 spiro atoms. The number of amides is 1. The van der Waals surface area contributed by atoms with Gasteiger partial charge in [0, 0.05) is 13.6 Å². The van der Waals surface area contributed by atoms with Crippen LogP contribution in [0.25, 0.3) is 0 Å². The van der Waals surface area contributed by atoms with Crippen LogP contribution >= 0.6 is 0 Å². The summed E-state index contributed by atoms with van der Waals surface area (Å²) in [4.78, 5) is 32.3. The van der Waals surface area contributed by atoms with Gasteiger partial charge in [-0.3, -0.25) is 10.7 Å². The van der Waals surface area contributed by atoms with E-state index in [9.17, 15) is 9.59 Å². The van der Waals surface area contributed by atoms with E-state index in [1.807, 2.05) is 0 Å². The fourth-order valence-corrected chi connectivity index (χ4v) is 1.80. The maximum atomic E-state index is 11.8. The SMILES string of the molecule is CCOC(=O)N1N(C)OC(=O)C1(N)CCCN=C(N)N. The first-order chi connectivity index (χ1) is 9.32. The minimum Gasteiger partial charge on any atom is -0.449 e. The van der Waals surface area contributed by atoms with Crippen LogP contribution in [0.3, 0.4) is 0 Å². The number of hydrogen-bond acceptors (Lipinski definition) is 7. The van der Waals surface area contributed by atoms with E-state index in [0.29, 0.717) is 6.42 Å². The van der Waals surface area contributed by atoms with Crippen LogP contribution in [0.2, 0.25) is 0 Å². The lowest BCUT2D eigenvalue weighted by Gasteiger charge is -2.30. The summed E-state index contributed by atoms with van der Waals surface area (Å²) in [5.41, 5.74) is 14.8. The van der Waals surface area contributed by atoms with Crippen molar-refractivity contribution in [2.75, 3.05) is 20.2 Å². The molecule has 1 aliphatic heterocycles. The summed E-state index contributed by atoms with van der Waals surface area (Å²) in [6.45, 7) is 2.09. The monoisotopic (exact) mass is 288 g/mol. The van der Waals surface area contributed by atoms with Gasteiger partial charge in [-0.25, -0.2) is 9.59 Å². The first-order valence-corrected chi connectivity index (χ1v) is 6.10. The molecule has 6 N–H and O–H groups in total. The van der Waals surface area contributed by atoms with Gasteiger partial charge in [0.15, 0.2) is 5.96 Å². The number of hydrogen-bond donors (Lipinski definition) is 3. The number of nitrogens with zero attached hydrogens (tertiary/aromatic N) is 3. The van der Waals surface area contributed by atoms with Gasteiger partial charge >= 0.3 is 12.1 Å². The summed E-state index contributed by atoms with van der Waals surface area (Å²) >= 11 is 0. The molecule has 1 aliphatic rings. The smallest absolute Gasteiger partial charge is 0.429 e. The molecule has 0 saturated carbocycles. The van der Waals surface area contributed by atoms with Crippen LogP contribution in [-0.4, -0.2) is 54.1 Å². The van der Waals surface area contributed by atoms with Gasteiger partial charge in [-0.05, 0) is 24.9 Å². The maximum Gasteiger partial charge on any atom is 0.429 e. The largest absolute Gasteiger partial charge is 0.449 e. The molecule has 0 aliphatic carbocycles. The van der Waals surface area contributed by atoms with E-state index in [1.54, 1.807) is 6.92 Å². The van der Waals surface area contributed by atoms with Crippen LogP contribution in [-0.2, 0) is 14.4 Å². The third-order valence-corrected chi connectivity index (χ3v) is 2.68. The molecule has 1 amide bonds. The Morgan fingerprint density at radius 3 is 2.70 bits per heavy atom. The highest BCUT2D eigenvalue weighted by Crippen LogP contribution is 2.27. The van der Waals surface area contributed by atoms with E-state index in [2.05, 4.69) is 4.99 Å². The van der Waals surface area contributed by atoms with Gasteiger partial charge in [0.25, 0.3) is 0 Å². The second-order valence-corrected chi connectivity index (χ2v) is 4.19. The van der Waals surface area contributed by atoms with Gasteiger partial charge in [-0.2, -0.15) is 5.01 Å². The molecule has 10 nitrogen and oxygen atoms in total. The predicted octanol–water partition coefficient (Wildman–Crippen LogP) is -1.53. The fraction of sp³-hybridized carbons (Fsp3) is 0.700. The quantitative estimate of drug-likeness (QED) is 0.313. The normalized spacial score (nSPS) is 22.6. The molecule has 0 aromatic heterocycles. The summed E-state index contributed by atoms with van der Waals surface area (Å²) in [7, 11) is 1.39. The molecule has 0 aromatic rings. The molecule has 0 aromatic carbocycles. The Morgan fingerprint density at radius 2 is 2.15 bits per heavy atom. The number of carbonyl (C=O) groups excluding carboxylic acids is 2. The first-order valence-electron chi connectivity index (χ1n) is 6.10. The van der Waals surface area contributed by atoms with Gasteiger partial charge in [-0.1, -0.05) is 0 Å². The zero-order valence-electron chi connectivity index (χ0n) is 11.5. The average Bonchev–Trinajstić information content (AvgIpc) is 2.56. The maximum absolute atomic E-state index is 11.8. The number of carbonyl (C=O) groups is 2. The van der Waals surface area contributed by atoms with Crippen molar-refractivity contribution >= 4 is 18.0 Å². The van der Waals surface area contributed by atoms with E-state index in [1.165, 1.54) is 7.05 Å². The highest BCUT2D eigenvalue weighted by Gasteiger charge is 2.54. The fourth-order valence-electron chi connectivity index (χ4n) is 1.80. The molecule has 1 saturated heterocycles. The minimum atomic E-state index is -1.63. The van der Waals surface area contributed by atoms with Crippen molar-refractivity contribution in [1.29, 1.82) is 0 Å². The number of hydroxylamine groups is 1. The van der Waals surface area contributed by atoms with Crippen LogP contribution in [0.15, 0.2) is 4.99 Å². The molecule has 1 unspecified atom stereocenters. The topological polar surface area (TPSA) is 150 Å². The summed E-state index contributed by atoms with van der Waals surface area (Å²) in [5, 5.41) is 1.90. The number of rotatable bonds is 5. The Balaban J connectivity index is 2.77. The highest BCUT2D eigenvalue weighted by molar-refractivity contribution is 5.86. The molecule has 1 fully saturated rings. The summed E-state index contributed by atoms with van der Waals surface area (Å²) in [6, 6.07) is 0. The Hall–Kier alpha value is -2.07. The standard InChI is InChI=1S/C10H20N6O4/c1-3-19-9(18)16-10(13,7(17)20-15(16)2)5-4-6-14-8(11)12/h3-6,13H2,1-2H3,(H4,11,12,14). The second-order valence-electron chi connectivity index (χ2n) is 4.19. The van der Waals surface area contributed by atoms with E-state index in [0.717, 1.165) is 10.2 Å². The van der Waals surface area contributed by atoms with E-state index in [4.69, 9.17) is 26.8 Å². The molecule has 1 heterocycles. The van der Waals surface area contributed by atoms with Gasteiger partial charge in [0.1, 0.15) is 0 Å². The Morgan fingerprint density at radius 1 is 1.50 bits per heavy atom. The molecular formula is C10H20N6O4. The molecule has 0 radical (unpaired) electrons. The molecule has 1 rings (SSSR count). The predicted molar refractivity (Wildman–Crippen MR) is 69.5 cm³/mol. The van der Waals surface area contributed by atoms with Gasteiger partial charge in [-0.15, -0.1) is 0 Å². The molecule has 20 heavy (non-hydrogen) atoms. The summed E-state index contributed by atoms with van der Waals surface area (Å²) in [5.74, 6) is -0.790. The van der Waals surface area contributed by atoms with Crippen LogP contribution < -0.4 is 17.2 Å². The van der Waals surface area contributed by atoms with Crippen molar-refractivity contribution in [3.05, 3.63) is 0 Å². The van der Waals surface area contributed by atoms with E-state index >= 15 is 0 Å². The molecule has 0 bridgehead atoms. The van der Waals surface area contributed by atoms with E-state index in [-0.39, 0.29) is 25.5 Å². The van der Waals surface area contributed by atoms with Crippen LogP contribution in [0, 0.1) is 0 Å². The number of hydrazine groups is 1. The lowest BCUT2D eigenvalue weighted by molar-refractivity contribution is -0.199. The first kappa shape index (κ1) is 16.0. The molecule has 1 atom stereocenters.